The zero-order chi connectivity index (χ0) is 12.5. The zero-order valence-electron chi connectivity index (χ0n) is 10.3. The Morgan fingerprint density at radius 1 is 1.50 bits per heavy atom. The van der Waals surface area contributed by atoms with E-state index in [9.17, 15) is 0 Å². The van der Waals surface area contributed by atoms with E-state index in [2.05, 4.69) is 14.9 Å². The van der Waals surface area contributed by atoms with Gasteiger partial charge in [0.2, 0.25) is 5.95 Å². The molecule has 0 bridgehead atoms. The Kier molecular flexibility index (Phi) is 2.66. The summed E-state index contributed by atoms with van der Waals surface area (Å²) in [5.41, 5.74) is 6.73. The highest BCUT2D eigenvalue weighted by molar-refractivity contribution is 5.50. The van der Waals surface area contributed by atoms with E-state index in [4.69, 9.17) is 10.2 Å². The van der Waals surface area contributed by atoms with Crippen molar-refractivity contribution < 1.29 is 4.42 Å². The summed E-state index contributed by atoms with van der Waals surface area (Å²) >= 11 is 0. The number of anilines is 2. The summed E-state index contributed by atoms with van der Waals surface area (Å²) in [4.78, 5) is 10.6. The molecular weight excluding hydrogens is 228 g/mol. The van der Waals surface area contributed by atoms with Crippen molar-refractivity contribution in [2.75, 3.05) is 10.6 Å². The number of aryl methyl sites for hydroxylation is 1. The van der Waals surface area contributed by atoms with Crippen LogP contribution in [-0.4, -0.2) is 16.0 Å². The van der Waals surface area contributed by atoms with Crippen LogP contribution in [-0.2, 0) is 6.54 Å². The van der Waals surface area contributed by atoms with Gasteiger partial charge >= 0.3 is 0 Å². The van der Waals surface area contributed by atoms with Gasteiger partial charge in [-0.2, -0.15) is 4.98 Å². The van der Waals surface area contributed by atoms with Crippen LogP contribution in [0.1, 0.15) is 24.2 Å². The largest absolute Gasteiger partial charge is 0.467 e. The van der Waals surface area contributed by atoms with Gasteiger partial charge < -0.3 is 15.1 Å². The van der Waals surface area contributed by atoms with Crippen molar-refractivity contribution >= 4 is 11.8 Å². The average Bonchev–Trinajstić information content (AvgIpc) is 3.07. The van der Waals surface area contributed by atoms with Crippen molar-refractivity contribution in [3.05, 3.63) is 35.9 Å². The van der Waals surface area contributed by atoms with Crippen LogP contribution in [0.4, 0.5) is 11.8 Å². The Morgan fingerprint density at radius 2 is 2.33 bits per heavy atom. The molecule has 0 radical (unpaired) electrons. The summed E-state index contributed by atoms with van der Waals surface area (Å²) in [7, 11) is 0. The molecule has 0 aliphatic heterocycles. The van der Waals surface area contributed by atoms with E-state index in [0.717, 1.165) is 23.7 Å². The molecule has 5 heteroatoms. The van der Waals surface area contributed by atoms with Crippen molar-refractivity contribution in [3.63, 3.8) is 0 Å². The predicted octanol–water partition coefficient (Wildman–Crippen LogP) is 2.13. The third kappa shape index (κ3) is 2.16. The summed E-state index contributed by atoms with van der Waals surface area (Å²) in [6, 6.07) is 4.43. The van der Waals surface area contributed by atoms with E-state index < -0.39 is 0 Å². The molecule has 3 rings (SSSR count). The van der Waals surface area contributed by atoms with Crippen LogP contribution in [0, 0.1) is 6.92 Å². The normalized spacial score (nSPS) is 14.7. The molecule has 0 spiro atoms. The van der Waals surface area contributed by atoms with E-state index in [0.29, 0.717) is 12.0 Å². The minimum Gasteiger partial charge on any atom is -0.467 e. The van der Waals surface area contributed by atoms with E-state index in [-0.39, 0.29) is 0 Å². The Bertz CT molecular complexity index is 534. The van der Waals surface area contributed by atoms with Crippen molar-refractivity contribution in [3.8, 4) is 0 Å². The smallest absolute Gasteiger partial charge is 0.221 e. The number of nitrogens with two attached hydrogens (primary N) is 1. The predicted molar refractivity (Wildman–Crippen MR) is 69.1 cm³/mol. The van der Waals surface area contributed by atoms with Gasteiger partial charge in [-0.15, -0.1) is 0 Å². The fourth-order valence-corrected chi connectivity index (χ4v) is 2.07. The Labute approximate surface area is 106 Å². The highest BCUT2D eigenvalue weighted by atomic mass is 16.3. The third-order valence-corrected chi connectivity index (χ3v) is 3.13. The van der Waals surface area contributed by atoms with Crippen molar-refractivity contribution in [1.82, 2.24) is 9.97 Å². The summed E-state index contributed by atoms with van der Waals surface area (Å²) in [5.74, 6) is 2.18. The third-order valence-electron chi connectivity index (χ3n) is 3.13. The lowest BCUT2D eigenvalue weighted by molar-refractivity contribution is 0.500. The first-order chi connectivity index (χ1) is 8.74. The lowest BCUT2D eigenvalue weighted by Crippen LogP contribution is -2.27. The Morgan fingerprint density at radius 3 is 3.00 bits per heavy atom. The second-order valence-electron chi connectivity index (χ2n) is 4.67. The van der Waals surface area contributed by atoms with Crippen LogP contribution in [0.25, 0.3) is 0 Å². The van der Waals surface area contributed by atoms with Crippen LogP contribution in [0.15, 0.2) is 29.0 Å². The molecule has 1 aliphatic rings. The summed E-state index contributed by atoms with van der Waals surface area (Å²) in [6.45, 7) is 2.74. The maximum absolute atomic E-state index is 5.69. The van der Waals surface area contributed by atoms with Crippen molar-refractivity contribution in [2.24, 2.45) is 0 Å². The highest BCUT2D eigenvalue weighted by Crippen LogP contribution is 2.33. The number of nitrogens with zero attached hydrogens (tertiary/aromatic N) is 3. The fraction of sp³-hybridized carbons (Fsp3) is 0.385. The van der Waals surface area contributed by atoms with Gasteiger partial charge in [0.05, 0.1) is 12.8 Å². The molecule has 18 heavy (non-hydrogen) atoms. The highest BCUT2D eigenvalue weighted by Gasteiger charge is 2.31. The molecule has 2 aromatic rings. The molecule has 94 valence electrons. The standard InChI is InChI=1S/C13H16N4O/c1-9-7-15-13(14)16-12(9)17(10-4-5-10)8-11-3-2-6-18-11/h2-3,6-7,10H,4-5,8H2,1H3,(H2,14,15,16). The van der Waals surface area contributed by atoms with Gasteiger partial charge in [-0.25, -0.2) is 4.98 Å². The van der Waals surface area contributed by atoms with E-state index in [1.807, 2.05) is 19.1 Å². The molecule has 0 aromatic carbocycles. The molecule has 0 saturated heterocycles. The number of furan rings is 1. The minimum atomic E-state index is 0.320. The van der Waals surface area contributed by atoms with Gasteiger partial charge in [0.25, 0.3) is 0 Å². The van der Waals surface area contributed by atoms with Gasteiger partial charge in [0.1, 0.15) is 11.6 Å². The molecule has 1 aliphatic carbocycles. The van der Waals surface area contributed by atoms with Crippen LogP contribution < -0.4 is 10.6 Å². The summed E-state index contributed by atoms with van der Waals surface area (Å²) < 4.78 is 5.42. The molecule has 1 saturated carbocycles. The molecule has 0 amide bonds. The molecule has 0 unspecified atom stereocenters. The van der Waals surface area contributed by atoms with Gasteiger partial charge in [-0.05, 0) is 31.9 Å². The number of rotatable bonds is 4. The van der Waals surface area contributed by atoms with Gasteiger partial charge in [0.15, 0.2) is 0 Å². The monoisotopic (exact) mass is 244 g/mol. The maximum Gasteiger partial charge on any atom is 0.221 e. The van der Waals surface area contributed by atoms with Crippen molar-refractivity contribution in [2.45, 2.75) is 32.4 Å². The van der Waals surface area contributed by atoms with Crippen LogP contribution in [0.2, 0.25) is 0 Å². The quantitative estimate of drug-likeness (QED) is 0.892. The molecule has 5 nitrogen and oxygen atoms in total. The number of nitrogen functional groups attached to an aromatic ring is 1. The Hall–Kier alpha value is -2.04. The molecule has 2 aromatic heterocycles. The minimum absolute atomic E-state index is 0.320. The van der Waals surface area contributed by atoms with E-state index >= 15 is 0 Å². The zero-order valence-corrected chi connectivity index (χ0v) is 10.3. The topological polar surface area (TPSA) is 68.2 Å². The number of hydrogen-bond acceptors (Lipinski definition) is 5. The van der Waals surface area contributed by atoms with Crippen LogP contribution in [0.5, 0.6) is 0 Å². The SMILES string of the molecule is Cc1cnc(N)nc1N(Cc1ccco1)C1CC1. The first-order valence-corrected chi connectivity index (χ1v) is 6.12. The molecular formula is C13H16N4O. The van der Waals surface area contributed by atoms with Crippen LogP contribution in [0.3, 0.4) is 0 Å². The second kappa shape index (κ2) is 4.33. The fourth-order valence-electron chi connectivity index (χ4n) is 2.07. The first-order valence-electron chi connectivity index (χ1n) is 6.12. The van der Waals surface area contributed by atoms with E-state index in [1.165, 1.54) is 12.8 Å². The number of hydrogen-bond donors (Lipinski definition) is 1. The summed E-state index contributed by atoms with van der Waals surface area (Å²) in [6.07, 6.45) is 5.87. The lowest BCUT2D eigenvalue weighted by atomic mass is 10.3. The second-order valence-corrected chi connectivity index (χ2v) is 4.67. The first kappa shape index (κ1) is 11.1. The average molecular weight is 244 g/mol. The molecule has 0 atom stereocenters. The van der Waals surface area contributed by atoms with E-state index in [1.54, 1.807) is 12.5 Å². The van der Waals surface area contributed by atoms with Gasteiger partial charge in [-0.1, -0.05) is 0 Å². The maximum atomic E-state index is 5.69. The Balaban J connectivity index is 1.91. The van der Waals surface area contributed by atoms with Gasteiger partial charge in [-0.3, -0.25) is 0 Å². The molecule has 2 heterocycles. The number of aromatic nitrogens is 2. The lowest BCUT2D eigenvalue weighted by Gasteiger charge is -2.24. The molecule has 2 N–H and O–H groups in total. The van der Waals surface area contributed by atoms with Crippen molar-refractivity contribution in [1.29, 1.82) is 0 Å². The summed E-state index contributed by atoms with van der Waals surface area (Å²) in [5, 5.41) is 0. The molecule has 1 fully saturated rings. The van der Waals surface area contributed by atoms with Gasteiger partial charge in [0, 0.05) is 17.8 Å². The van der Waals surface area contributed by atoms with Crippen LogP contribution >= 0.6 is 0 Å².